The number of methoxy groups -OCH3 is 1. The standard InChI is InChI=1S/C19H25NO3/c1-15-7-9-18(10-8-15)23-14-17(21)13-20(2)12-16-5-4-6-19(11-16)22-3/h4-11,17,21H,12-14H2,1-3H3/t17-/m1/s1. The molecule has 0 unspecified atom stereocenters. The van der Waals surface area contributed by atoms with Crippen LogP contribution in [-0.4, -0.2) is 43.4 Å². The zero-order valence-electron chi connectivity index (χ0n) is 14.0. The van der Waals surface area contributed by atoms with Gasteiger partial charge in [0.15, 0.2) is 0 Å². The predicted octanol–water partition coefficient (Wildman–Crippen LogP) is 2.88. The van der Waals surface area contributed by atoms with E-state index in [0.29, 0.717) is 6.54 Å². The summed E-state index contributed by atoms with van der Waals surface area (Å²) in [6.45, 7) is 3.61. The second-order valence-corrected chi connectivity index (χ2v) is 5.83. The maximum Gasteiger partial charge on any atom is 0.119 e. The fourth-order valence-corrected chi connectivity index (χ4v) is 2.39. The quantitative estimate of drug-likeness (QED) is 0.813. The van der Waals surface area contributed by atoms with Crippen LogP contribution in [0.15, 0.2) is 48.5 Å². The van der Waals surface area contributed by atoms with E-state index in [1.54, 1.807) is 7.11 Å². The lowest BCUT2D eigenvalue weighted by atomic mass is 10.2. The highest BCUT2D eigenvalue weighted by Gasteiger charge is 2.10. The lowest BCUT2D eigenvalue weighted by Gasteiger charge is -2.21. The number of hydrogen-bond donors (Lipinski definition) is 1. The first kappa shape index (κ1) is 17.3. The zero-order valence-corrected chi connectivity index (χ0v) is 14.0. The number of nitrogens with zero attached hydrogens (tertiary/aromatic N) is 1. The van der Waals surface area contributed by atoms with Gasteiger partial charge in [0.2, 0.25) is 0 Å². The molecule has 0 spiro atoms. The Bertz CT molecular complexity index is 598. The molecular weight excluding hydrogens is 290 g/mol. The molecule has 0 fully saturated rings. The average molecular weight is 315 g/mol. The van der Waals surface area contributed by atoms with Gasteiger partial charge in [0.05, 0.1) is 7.11 Å². The number of likely N-dealkylation sites (N-methyl/N-ethyl adjacent to an activating group) is 1. The molecule has 0 aliphatic rings. The molecular formula is C19H25NO3. The van der Waals surface area contributed by atoms with Crippen LogP contribution in [0.25, 0.3) is 0 Å². The van der Waals surface area contributed by atoms with Crippen molar-refractivity contribution in [1.29, 1.82) is 0 Å². The number of benzene rings is 2. The molecule has 2 aromatic carbocycles. The molecule has 1 atom stereocenters. The van der Waals surface area contributed by atoms with Crippen LogP contribution in [0.2, 0.25) is 0 Å². The molecule has 2 rings (SSSR count). The Morgan fingerprint density at radius 3 is 2.52 bits per heavy atom. The second-order valence-electron chi connectivity index (χ2n) is 5.83. The molecule has 4 nitrogen and oxygen atoms in total. The number of rotatable bonds is 8. The lowest BCUT2D eigenvalue weighted by Crippen LogP contribution is -2.32. The molecule has 2 aromatic rings. The van der Waals surface area contributed by atoms with E-state index in [2.05, 4.69) is 4.90 Å². The maximum atomic E-state index is 10.1. The summed E-state index contributed by atoms with van der Waals surface area (Å²) in [4.78, 5) is 2.07. The molecule has 0 aliphatic heterocycles. The summed E-state index contributed by atoms with van der Waals surface area (Å²) in [6.07, 6.45) is -0.535. The molecule has 0 aromatic heterocycles. The Hall–Kier alpha value is -2.04. The van der Waals surface area contributed by atoms with E-state index in [1.165, 1.54) is 5.56 Å². The molecule has 124 valence electrons. The minimum absolute atomic E-state index is 0.283. The minimum atomic E-state index is -0.535. The van der Waals surface area contributed by atoms with Gasteiger partial charge in [-0.2, -0.15) is 0 Å². The van der Waals surface area contributed by atoms with Crippen molar-refractivity contribution >= 4 is 0 Å². The van der Waals surface area contributed by atoms with Crippen LogP contribution < -0.4 is 9.47 Å². The molecule has 1 N–H and O–H groups in total. The fourth-order valence-electron chi connectivity index (χ4n) is 2.39. The van der Waals surface area contributed by atoms with Gasteiger partial charge < -0.3 is 14.6 Å². The number of aliphatic hydroxyl groups excluding tert-OH is 1. The van der Waals surface area contributed by atoms with E-state index in [9.17, 15) is 5.11 Å². The summed E-state index contributed by atoms with van der Waals surface area (Å²) in [7, 11) is 3.64. The minimum Gasteiger partial charge on any atom is -0.497 e. The van der Waals surface area contributed by atoms with Gasteiger partial charge in [-0.25, -0.2) is 0 Å². The largest absolute Gasteiger partial charge is 0.497 e. The number of hydrogen-bond acceptors (Lipinski definition) is 4. The topological polar surface area (TPSA) is 41.9 Å². The second kappa shape index (κ2) is 8.56. The molecule has 0 bridgehead atoms. The first-order chi connectivity index (χ1) is 11.1. The number of ether oxygens (including phenoxy) is 2. The summed E-state index contributed by atoms with van der Waals surface area (Å²) >= 11 is 0. The Morgan fingerprint density at radius 2 is 1.83 bits per heavy atom. The molecule has 0 heterocycles. The van der Waals surface area contributed by atoms with Gasteiger partial charge in [-0.15, -0.1) is 0 Å². The summed E-state index contributed by atoms with van der Waals surface area (Å²) in [5, 5.41) is 10.1. The molecule has 23 heavy (non-hydrogen) atoms. The normalized spacial score (nSPS) is 12.2. The summed E-state index contributed by atoms with van der Waals surface area (Å²) in [6, 6.07) is 15.8. The van der Waals surface area contributed by atoms with Gasteiger partial charge in [-0.3, -0.25) is 4.90 Å². The van der Waals surface area contributed by atoms with Crippen molar-refractivity contribution in [1.82, 2.24) is 4.90 Å². The van der Waals surface area contributed by atoms with Crippen LogP contribution in [0.3, 0.4) is 0 Å². The third kappa shape index (κ3) is 5.93. The van der Waals surface area contributed by atoms with Crippen LogP contribution in [-0.2, 0) is 6.54 Å². The molecule has 0 aliphatic carbocycles. The number of aryl methyl sites for hydroxylation is 1. The molecule has 0 radical (unpaired) electrons. The van der Waals surface area contributed by atoms with E-state index in [-0.39, 0.29) is 6.61 Å². The van der Waals surface area contributed by atoms with E-state index in [4.69, 9.17) is 9.47 Å². The van der Waals surface area contributed by atoms with Crippen molar-refractivity contribution in [2.45, 2.75) is 19.6 Å². The van der Waals surface area contributed by atoms with Gasteiger partial charge in [0.25, 0.3) is 0 Å². The summed E-state index contributed by atoms with van der Waals surface area (Å²) in [5.74, 6) is 1.63. The van der Waals surface area contributed by atoms with Crippen LogP contribution in [0.1, 0.15) is 11.1 Å². The average Bonchev–Trinajstić information content (AvgIpc) is 2.54. The first-order valence-electron chi connectivity index (χ1n) is 7.76. The van der Waals surface area contributed by atoms with E-state index >= 15 is 0 Å². The van der Waals surface area contributed by atoms with Gasteiger partial charge in [-0.05, 0) is 43.8 Å². The van der Waals surface area contributed by atoms with Crippen molar-refractivity contribution in [3.8, 4) is 11.5 Å². The zero-order chi connectivity index (χ0) is 16.7. The van der Waals surface area contributed by atoms with Crippen LogP contribution >= 0.6 is 0 Å². The Labute approximate surface area is 138 Å². The van der Waals surface area contributed by atoms with Crippen molar-refractivity contribution in [2.75, 3.05) is 27.3 Å². The van der Waals surface area contributed by atoms with Gasteiger partial charge in [-0.1, -0.05) is 29.8 Å². The SMILES string of the molecule is COc1cccc(CN(C)C[C@@H](O)COc2ccc(C)cc2)c1. The van der Waals surface area contributed by atoms with Crippen molar-refractivity contribution in [3.05, 3.63) is 59.7 Å². The Balaban J connectivity index is 1.77. The smallest absolute Gasteiger partial charge is 0.119 e. The highest BCUT2D eigenvalue weighted by atomic mass is 16.5. The lowest BCUT2D eigenvalue weighted by molar-refractivity contribution is 0.0744. The summed E-state index contributed by atoms with van der Waals surface area (Å²) in [5.41, 5.74) is 2.34. The van der Waals surface area contributed by atoms with E-state index < -0.39 is 6.10 Å². The maximum absolute atomic E-state index is 10.1. The van der Waals surface area contributed by atoms with Gasteiger partial charge in [0, 0.05) is 13.1 Å². The highest BCUT2D eigenvalue weighted by molar-refractivity contribution is 5.28. The fraction of sp³-hybridized carbons (Fsp3) is 0.368. The summed E-state index contributed by atoms with van der Waals surface area (Å²) < 4.78 is 10.8. The molecule has 0 amide bonds. The predicted molar refractivity (Wildman–Crippen MR) is 92.0 cm³/mol. The van der Waals surface area contributed by atoms with Gasteiger partial charge >= 0.3 is 0 Å². The van der Waals surface area contributed by atoms with Crippen molar-refractivity contribution < 1.29 is 14.6 Å². The van der Waals surface area contributed by atoms with Crippen molar-refractivity contribution in [3.63, 3.8) is 0 Å². The molecule has 0 saturated carbocycles. The van der Waals surface area contributed by atoms with Crippen molar-refractivity contribution in [2.24, 2.45) is 0 Å². The third-order valence-corrected chi connectivity index (χ3v) is 3.57. The monoisotopic (exact) mass is 315 g/mol. The highest BCUT2D eigenvalue weighted by Crippen LogP contribution is 2.14. The van der Waals surface area contributed by atoms with Crippen LogP contribution in [0, 0.1) is 6.92 Å². The van der Waals surface area contributed by atoms with E-state index in [0.717, 1.165) is 23.6 Å². The Kier molecular flexibility index (Phi) is 6.44. The van der Waals surface area contributed by atoms with Crippen LogP contribution in [0.5, 0.6) is 11.5 Å². The molecule has 4 heteroatoms. The van der Waals surface area contributed by atoms with Crippen LogP contribution in [0.4, 0.5) is 0 Å². The van der Waals surface area contributed by atoms with E-state index in [1.807, 2.05) is 62.5 Å². The van der Waals surface area contributed by atoms with Gasteiger partial charge in [0.1, 0.15) is 24.2 Å². The number of aliphatic hydroxyl groups is 1. The Morgan fingerprint density at radius 1 is 1.09 bits per heavy atom. The first-order valence-corrected chi connectivity index (χ1v) is 7.76. The molecule has 0 saturated heterocycles. The third-order valence-electron chi connectivity index (χ3n) is 3.57.